The van der Waals surface area contributed by atoms with Crippen LogP contribution in [0, 0.1) is 5.92 Å². The molecule has 0 bridgehead atoms. The van der Waals surface area contributed by atoms with Crippen molar-refractivity contribution >= 4 is 29.1 Å². The molecular weight excluding hydrogens is 368 g/mol. The lowest BCUT2D eigenvalue weighted by molar-refractivity contribution is -0.141. The number of nitrogens with one attached hydrogen (secondary N) is 1. The van der Waals surface area contributed by atoms with E-state index in [2.05, 4.69) is 20.3 Å². The number of piperidine rings is 1. The van der Waals surface area contributed by atoms with Crippen molar-refractivity contribution in [2.75, 3.05) is 37.6 Å². The average molecular weight is 389 g/mol. The maximum absolute atomic E-state index is 12.7. The molecule has 2 aliphatic rings. The van der Waals surface area contributed by atoms with Crippen LogP contribution < -0.4 is 10.2 Å². The molecule has 2 aromatic rings. The summed E-state index contributed by atoms with van der Waals surface area (Å²) in [6.45, 7) is 2.81. The molecular formula is C18H21ClN6O2. The highest BCUT2D eigenvalue weighted by Crippen LogP contribution is 2.29. The Morgan fingerprint density at radius 2 is 2.00 bits per heavy atom. The van der Waals surface area contributed by atoms with Gasteiger partial charge in [0.15, 0.2) is 0 Å². The third-order valence-electron chi connectivity index (χ3n) is 5.11. The molecule has 2 aromatic heterocycles. The summed E-state index contributed by atoms with van der Waals surface area (Å²) in [5.41, 5.74) is 1.88. The Hall–Kier alpha value is -2.61. The fraction of sp³-hybridized carbons (Fsp3) is 0.444. The molecule has 0 saturated carbocycles. The maximum Gasteiger partial charge on any atom is 0.239 e. The van der Waals surface area contributed by atoms with Crippen LogP contribution in [0.3, 0.4) is 0 Å². The molecule has 9 heteroatoms. The molecule has 4 rings (SSSR count). The Morgan fingerprint density at radius 1 is 1.19 bits per heavy atom. The lowest BCUT2D eigenvalue weighted by Gasteiger charge is -2.36. The van der Waals surface area contributed by atoms with Crippen LogP contribution in [0.2, 0.25) is 5.02 Å². The molecule has 2 saturated heterocycles. The van der Waals surface area contributed by atoms with Crippen molar-refractivity contribution in [2.24, 2.45) is 5.92 Å². The van der Waals surface area contributed by atoms with Gasteiger partial charge in [-0.2, -0.15) is 5.10 Å². The van der Waals surface area contributed by atoms with Crippen molar-refractivity contribution in [3.05, 3.63) is 35.9 Å². The zero-order chi connectivity index (χ0) is 18.8. The Morgan fingerprint density at radius 3 is 2.70 bits per heavy atom. The number of amides is 2. The van der Waals surface area contributed by atoms with Crippen molar-refractivity contribution in [1.82, 2.24) is 25.0 Å². The van der Waals surface area contributed by atoms with Crippen LogP contribution >= 0.6 is 11.6 Å². The van der Waals surface area contributed by atoms with Crippen LogP contribution in [-0.2, 0) is 9.59 Å². The fourth-order valence-corrected chi connectivity index (χ4v) is 3.84. The minimum absolute atomic E-state index is 0.0357. The first-order valence-electron chi connectivity index (χ1n) is 9.07. The minimum Gasteiger partial charge on any atom is -0.368 e. The SMILES string of the molecule is O=C1CN(C(=O)C2CCN(c3cnccc3-n3cc(Cl)cn3)CC2)CCN1. The Bertz CT molecular complexity index is 846. The van der Waals surface area contributed by atoms with Crippen molar-refractivity contribution in [2.45, 2.75) is 12.8 Å². The molecule has 27 heavy (non-hydrogen) atoms. The number of anilines is 1. The van der Waals surface area contributed by atoms with Crippen LogP contribution in [0.4, 0.5) is 5.69 Å². The third-order valence-corrected chi connectivity index (χ3v) is 5.31. The maximum atomic E-state index is 12.7. The van der Waals surface area contributed by atoms with Crippen LogP contribution in [0.1, 0.15) is 12.8 Å². The van der Waals surface area contributed by atoms with Crippen LogP contribution in [-0.4, -0.2) is 64.2 Å². The summed E-state index contributed by atoms with van der Waals surface area (Å²) in [6, 6.07) is 1.91. The van der Waals surface area contributed by atoms with Crippen molar-refractivity contribution in [1.29, 1.82) is 0 Å². The van der Waals surface area contributed by atoms with Crippen LogP contribution in [0.5, 0.6) is 0 Å². The zero-order valence-corrected chi connectivity index (χ0v) is 15.6. The number of carbonyl (C=O) groups is 2. The first-order chi connectivity index (χ1) is 13.1. The summed E-state index contributed by atoms with van der Waals surface area (Å²) >= 11 is 6.00. The van der Waals surface area contributed by atoms with Gasteiger partial charge in [0.1, 0.15) is 0 Å². The van der Waals surface area contributed by atoms with Gasteiger partial charge >= 0.3 is 0 Å². The summed E-state index contributed by atoms with van der Waals surface area (Å²) in [4.78, 5) is 32.4. The highest BCUT2D eigenvalue weighted by molar-refractivity contribution is 6.30. The number of pyridine rings is 1. The molecule has 2 fully saturated rings. The highest BCUT2D eigenvalue weighted by atomic mass is 35.5. The summed E-state index contributed by atoms with van der Waals surface area (Å²) in [6.07, 6.45) is 8.42. The molecule has 0 unspecified atom stereocenters. The highest BCUT2D eigenvalue weighted by Gasteiger charge is 2.31. The van der Waals surface area contributed by atoms with Gasteiger partial charge < -0.3 is 15.1 Å². The number of halogens is 1. The van der Waals surface area contributed by atoms with E-state index in [0.717, 1.165) is 37.3 Å². The lowest BCUT2D eigenvalue weighted by atomic mass is 9.94. The van der Waals surface area contributed by atoms with E-state index in [1.54, 1.807) is 28.2 Å². The van der Waals surface area contributed by atoms with Gasteiger partial charge in [0, 0.05) is 44.5 Å². The number of rotatable bonds is 3. The van der Waals surface area contributed by atoms with Gasteiger partial charge in [-0.1, -0.05) is 11.6 Å². The standard InChI is InChI=1S/C18H21ClN6O2/c19-14-9-22-25(11-14)15-1-4-20-10-16(15)23-6-2-13(3-7-23)18(27)24-8-5-21-17(26)12-24/h1,4,9-11,13H,2-3,5-8,12H2,(H,21,26). The number of hydrogen-bond acceptors (Lipinski definition) is 5. The molecule has 0 atom stereocenters. The molecule has 0 aromatic carbocycles. The normalized spacial score (nSPS) is 18.5. The predicted octanol–water partition coefficient (Wildman–Crippen LogP) is 1.10. The van der Waals surface area contributed by atoms with Gasteiger partial charge in [-0.05, 0) is 18.9 Å². The van der Waals surface area contributed by atoms with E-state index in [1.807, 2.05) is 12.3 Å². The number of hydrogen-bond donors (Lipinski definition) is 1. The van der Waals surface area contributed by atoms with E-state index < -0.39 is 0 Å². The largest absolute Gasteiger partial charge is 0.368 e. The van der Waals surface area contributed by atoms with Gasteiger partial charge in [0.2, 0.25) is 11.8 Å². The topological polar surface area (TPSA) is 83.4 Å². The molecule has 142 valence electrons. The second-order valence-electron chi connectivity index (χ2n) is 6.84. The molecule has 2 amide bonds. The molecule has 4 heterocycles. The fourth-order valence-electron chi connectivity index (χ4n) is 3.70. The van der Waals surface area contributed by atoms with Crippen molar-refractivity contribution in [3.8, 4) is 5.69 Å². The van der Waals surface area contributed by atoms with Crippen LogP contribution in [0.25, 0.3) is 5.69 Å². The van der Waals surface area contributed by atoms with E-state index in [1.165, 1.54) is 0 Å². The number of piperazine rings is 1. The van der Waals surface area contributed by atoms with Gasteiger partial charge in [-0.3, -0.25) is 14.6 Å². The smallest absolute Gasteiger partial charge is 0.239 e. The first-order valence-corrected chi connectivity index (χ1v) is 9.44. The molecule has 8 nitrogen and oxygen atoms in total. The molecule has 0 radical (unpaired) electrons. The van der Waals surface area contributed by atoms with E-state index >= 15 is 0 Å². The molecule has 2 aliphatic heterocycles. The zero-order valence-electron chi connectivity index (χ0n) is 14.8. The average Bonchev–Trinajstić information content (AvgIpc) is 3.14. The Balaban J connectivity index is 1.44. The summed E-state index contributed by atoms with van der Waals surface area (Å²) in [7, 11) is 0. The molecule has 0 aliphatic carbocycles. The van der Waals surface area contributed by atoms with Crippen molar-refractivity contribution in [3.63, 3.8) is 0 Å². The minimum atomic E-state index is -0.0788. The van der Waals surface area contributed by atoms with E-state index in [9.17, 15) is 9.59 Å². The quantitative estimate of drug-likeness (QED) is 0.851. The number of carbonyl (C=O) groups excluding carboxylic acids is 2. The summed E-state index contributed by atoms with van der Waals surface area (Å²) in [5, 5.41) is 7.62. The van der Waals surface area contributed by atoms with Gasteiger partial charge in [0.25, 0.3) is 0 Å². The number of nitrogens with zero attached hydrogens (tertiary/aromatic N) is 5. The predicted molar refractivity (Wildman–Crippen MR) is 101 cm³/mol. The van der Waals surface area contributed by atoms with Gasteiger partial charge in [-0.25, -0.2) is 4.68 Å². The van der Waals surface area contributed by atoms with Gasteiger partial charge in [0.05, 0.1) is 35.3 Å². The van der Waals surface area contributed by atoms with E-state index in [-0.39, 0.29) is 24.3 Å². The monoisotopic (exact) mass is 388 g/mol. The Kier molecular flexibility index (Phi) is 4.98. The van der Waals surface area contributed by atoms with Crippen molar-refractivity contribution < 1.29 is 9.59 Å². The van der Waals surface area contributed by atoms with E-state index in [4.69, 9.17) is 11.6 Å². The molecule has 1 N–H and O–H groups in total. The Labute approximate surface area is 162 Å². The van der Waals surface area contributed by atoms with Crippen LogP contribution in [0.15, 0.2) is 30.9 Å². The number of aromatic nitrogens is 3. The first kappa shape index (κ1) is 17.8. The second kappa shape index (κ2) is 7.56. The third kappa shape index (κ3) is 3.75. The second-order valence-corrected chi connectivity index (χ2v) is 7.28. The van der Waals surface area contributed by atoms with E-state index in [0.29, 0.717) is 18.1 Å². The lowest BCUT2D eigenvalue weighted by Crippen LogP contribution is -2.52. The van der Waals surface area contributed by atoms with Gasteiger partial charge in [-0.15, -0.1) is 0 Å². The molecule has 0 spiro atoms. The summed E-state index contributed by atoms with van der Waals surface area (Å²) < 4.78 is 1.74. The summed E-state index contributed by atoms with van der Waals surface area (Å²) in [5.74, 6) is -0.0221.